The quantitative estimate of drug-likeness (QED) is 0.586. The first-order valence-electron chi connectivity index (χ1n) is 6.63. The zero-order valence-corrected chi connectivity index (χ0v) is 15.0. The maximum atomic E-state index is 12.0. The van der Waals surface area contributed by atoms with Crippen molar-refractivity contribution in [1.82, 2.24) is 10.0 Å². The minimum Gasteiger partial charge on any atom is -0.351 e. The number of nitrogens with two attached hydrogens (primary N) is 1. The Hall–Kier alpha value is -0.480. The first-order chi connectivity index (χ1) is 9.89. The van der Waals surface area contributed by atoms with Crippen molar-refractivity contribution in [2.75, 3.05) is 13.1 Å². The Bertz CT molecular complexity index is 560. The fourth-order valence-electron chi connectivity index (χ4n) is 1.65. The summed E-state index contributed by atoms with van der Waals surface area (Å²) in [6, 6.07) is 3.02. The Morgan fingerprint density at radius 1 is 1.48 bits per heavy atom. The van der Waals surface area contributed by atoms with Crippen molar-refractivity contribution < 1.29 is 13.2 Å². The Morgan fingerprint density at radius 2 is 2.19 bits per heavy atom. The monoisotopic (exact) mass is 397 g/mol. The average molecular weight is 398 g/mol. The third kappa shape index (κ3) is 6.43. The maximum absolute atomic E-state index is 12.0. The van der Waals surface area contributed by atoms with Gasteiger partial charge in [-0.3, -0.25) is 4.79 Å². The number of hydrogen-bond donors (Lipinski definition) is 3. The van der Waals surface area contributed by atoms with Crippen molar-refractivity contribution >= 4 is 43.2 Å². The average Bonchev–Trinajstić information content (AvgIpc) is 2.88. The van der Waals surface area contributed by atoms with E-state index in [0.29, 0.717) is 6.54 Å². The van der Waals surface area contributed by atoms with Gasteiger partial charge in [0, 0.05) is 12.6 Å². The molecule has 0 aliphatic rings. The highest BCUT2D eigenvalue weighted by Crippen LogP contribution is 2.25. The number of amides is 1. The summed E-state index contributed by atoms with van der Waals surface area (Å²) in [7, 11) is -3.65. The molecule has 0 spiro atoms. The Balaban J connectivity index is 2.48. The molecule has 0 bridgehead atoms. The second-order valence-corrected chi connectivity index (χ2v) is 8.98. The first kappa shape index (κ1) is 18.6. The van der Waals surface area contributed by atoms with Gasteiger partial charge < -0.3 is 11.1 Å². The van der Waals surface area contributed by atoms with Crippen LogP contribution >= 0.6 is 27.3 Å². The lowest BCUT2D eigenvalue weighted by atomic mass is 10.1. The molecule has 1 amide bonds. The molecule has 1 rings (SSSR count). The van der Waals surface area contributed by atoms with Gasteiger partial charge in [0.05, 0.1) is 10.3 Å². The summed E-state index contributed by atoms with van der Waals surface area (Å²) in [6.45, 7) is 2.11. The highest BCUT2D eigenvalue weighted by Gasteiger charge is 2.18. The van der Waals surface area contributed by atoms with Crippen LogP contribution in [-0.4, -0.2) is 33.5 Å². The lowest BCUT2D eigenvalue weighted by Crippen LogP contribution is -2.44. The van der Waals surface area contributed by atoms with E-state index in [-0.39, 0.29) is 22.7 Å². The van der Waals surface area contributed by atoms with Crippen molar-refractivity contribution in [2.24, 2.45) is 5.73 Å². The van der Waals surface area contributed by atoms with E-state index < -0.39 is 10.0 Å². The number of sulfonamides is 1. The fourth-order valence-corrected chi connectivity index (χ4v) is 4.69. The van der Waals surface area contributed by atoms with Crippen molar-refractivity contribution in [1.29, 1.82) is 0 Å². The summed E-state index contributed by atoms with van der Waals surface area (Å²) in [5.41, 5.74) is 5.58. The van der Waals surface area contributed by atoms with Gasteiger partial charge in [-0.15, -0.1) is 11.3 Å². The second kappa shape index (κ2) is 8.84. The standard InChI is InChI=1S/C12H20BrN3O3S2/c1-2-3-4-9(7-14)16-11(17)8-15-21(18,19)12-6-5-10(13)20-12/h5-6,9,15H,2-4,7-8,14H2,1H3,(H,16,17). The fraction of sp³-hybridized carbons (Fsp3) is 0.583. The molecule has 9 heteroatoms. The molecule has 6 nitrogen and oxygen atoms in total. The summed E-state index contributed by atoms with van der Waals surface area (Å²) in [6.07, 6.45) is 2.78. The molecule has 0 saturated carbocycles. The van der Waals surface area contributed by atoms with Crippen LogP contribution < -0.4 is 15.8 Å². The van der Waals surface area contributed by atoms with E-state index in [2.05, 4.69) is 32.9 Å². The molecule has 4 N–H and O–H groups in total. The van der Waals surface area contributed by atoms with E-state index in [0.717, 1.165) is 34.4 Å². The number of thiophene rings is 1. The van der Waals surface area contributed by atoms with Crippen LogP contribution in [-0.2, 0) is 14.8 Å². The van der Waals surface area contributed by atoms with Crippen LogP contribution in [0.2, 0.25) is 0 Å². The molecular weight excluding hydrogens is 378 g/mol. The van der Waals surface area contributed by atoms with Crippen molar-refractivity contribution in [2.45, 2.75) is 36.4 Å². The van der Waals surface area contributed by atoms with E-state index in [1.165, 1.54) is 6.07 Å². The molecule has 1 heterocycles. The van der Waals surface area contributed by atoms with Crippen LogP contribution in [0.25, 0.3) is 0 Å². The first-order valence-corrected chi connectivity index (χ1v) is 9.72. The Kier molecular flexibility index (Phi) is 7.82. The van der Waals surface area contributed by atoms with Gasteiger partial charge in [-0.1, -0.05) is 19.8 Å². The molecule has 120 valence electrons. The molecule has 0 aliphatic heterocycles. The van der Waals surface area contributed by atoms with Crippen molar-refractivity contribution in [3.8, 4) is 0 Å². The Labute approximate surface area is 137 Å². The van der Waals surface area contributed by atoms with Crippen LogP contribution in [0.5, 0.6) is 0 Å². The van der Waals surface area contributed by atoms with Crippen molar-refractivity contribution in [3.05, 3.63) is 15.9 Å². The van der Waals surface area contributed by atoms with Gasteiger partial charge in [0.2, 0.25) is 5.91 Å². The summed E-state index contributed by atoms with van der Waals surface area (Å²) >= 11 is 4.29. The zero-order chi connectivity index (χ0) is 15.9. The lowest BCUT2D eigenvalue weighted by Gasteiger charge is -2.16. The van der Waals surface area contributed by atoms with E-state index in [1.807, 2.05) is 0 Å². The van der Waals surface area contributed by atoms with Gasteiger partial charge in [-0.25, -0.2) is 13.1 Å². The van der Waals surface area contributed by atoms with Gasteiger partial charge in [-0.05, 0) is 34.5 Å². The summed E-state index contributed by atoms with van der Waals surface area (Å²) in [5, 5.41) is 2.73. The third-order valence-electron chi connectivity index (χ3n) is 2.79. The predicted molar refractivity (Wildman–Crippen MR) is 87.7 cm³/mol. The largest absolute Gasteiger partial charge is 0.351 e. The number of nitrogens with one attached hydrogen (secondary N) is 2. The van der Waals surface area contributed by atoms with Crippen LogP contribution in [0.15, 0.2) is 20.1 Å². The SMILES string of the molecule is CCCCC(CN)NC(=O)CNS(=O)(=O)c1ccc(Br)s1. The zero-order valence-electron chi connectivity index (χ0n) is 11.8. The molecule has 0 saturated heterocycles. The molecule has 0 radical (unpaired) electrons. The highest BCUT2D eigenvalue weighted by atomic mass is 79.9. The topological polar surface area (TPSA) is 101 Å². The van der Waals surface area contributed by atoms with E-state index in [9.17, 15) is 13.2 Å². The number of rotatable bonds is 9. The van der Waals surface area contributed by atoms with Crippen LogP contribution in [0, 0.1) is 0 Å². The molecule has 1 atom stereocenters. The minimum absolute atomic E-state index is 0.113. The van der Waals surface area contributed by atoms with Crippen molar-refractivity contribution in [3.63, 3.8) is 0 Å². The van der Waals surface area contributed by atoms with Crippen LogP contribution in [0.1, 0.15) is 26.2 Å². The summed E-state index contributed by atoms with van der Waals surface area (Å²) in [5.74, 6) is -0.374. The van der Waals surface area contributed by atoms with Gasteiger partial charge in [0.15, 0.2) is 0 Å². The van der Waals surface area contributed by atoms with E-state index in [4.69, 9.17) is 5.73 Å². The molecule has 1 aromatic heterocycles. The van der Waals surface area contributed by atoms with Crippen LogP contribution in [0.4, 0.5) is 0 Å². The molecule has 0 fully saturated rings. The number of unbranched alkanes of at least 4 members (excludes halogenated alkanes) is 1. The van der Waals surface area contributed by atoms with Gasteiger partial charge in [0.1, 0.15) is 4.21 Å². The second-order valence-electron chi connectivity index (χ2n) is 4.53. The summed E-state index contributed by atoms with van der Waals surface area (Å²) < 4.78 is 27.1. The Morgan fingerprint density at radius 3 is 2.71 bits per heavy atom. The number of hydrogen-bond acceptors (Lipinski definition) is 5. The van der Waals surface area contributed by atoms with Gasteiger partial charge >= 0.3 is 0 Å². The normalized spacial score (nSPS) is 13.1. The lowest BCUT2D eigenvalue weighted by molar-refractivity contribution is -0.120. The summed E-state index contributed by atoms with van der Waals surface area (Å²) in [4.78, 5) is 11.8. The molecule has 21 heavy (non-hydrogen) atoms. The smallest absolute Gasteiger partial charge is 0.250 e. The molecule has 1 unspecified atom stereocenters. The van der Waals surface area contributed by atoms with Gasteiger partial charge in [-0.2, -0.15) is 0 Å². The number of carbonyl (C=O) groups is 1. The van der Waals surface area contributed by atoms with Crippen LogP contribution in [0.3, 0.4) is 0 Å². The van der Waals surface area contributed by atoms with E-state index >= 15 is 0 Å². The molecular formula is C12H20BrN3O3S2. The molecule has 1 aromatic rings. The van der Waals surface area contributed by atoms with E-state index in [1.54, 1.807) is 6.07 Å². The molecule has 0 aliphatic carbocycles. The minimum atomic E-state index is -3.65. The van der Waals surface area contributed by atoms with Gasteiger partial charge in [0.25, 0.3) is 10.0 Å². The predicted octanol–water partition coefficient (Wildman–Crippen LogP) is 1.42. The number of carbonyl (C=O) groups excluding carboxylic acids is 1. The number of halogens is 1. The maximum Gasteiger partial charge on any atom is 0.250 e. The third-order valence-corrected chi connectivity index (χ3v) is 6.31. The molecule has 0 aromatic carbocycles. The highest BCUT2D eigenvalue weighted by molar-refractivity contribution is 9.11.